The summed E-state index contributed by atoms with van der Waals surface area (Å²) < 4.78 is 55.0. The molecule has 0 fully saturated rings. The van der Waals surface area contributed by atoms with Crippen LogP contribution in [0.4, 0.5) is 17.6 Å². The van der Waals surface area contributed by atoms with Gasteiger partial charge >= 0.3 is 0 Å². The zero-order valence-corrected chi connectivity index (χ0v) is 12.8. The van der Waals surface area contributed by atoms with Gasteiger partial charge in [0.15, 0.2) is 28.3 Å². The molecule has 0 unspecified atom stereocenters. The van der Waals surface area contributed by atoms with Crippen molar-refractivity contribution >= 4 is 11.3 Å². The van der Waals surface area contributed by atoms with Crippen LogP contribution in [-0.4, -0.2) is 10.2 Å². The topological polar surface area (TPSA) is 25.8 Å². The van der Waals surface area contributed by atoms with Gasteiger partial charge in [-0.05, 0) is 5.92 Å². The fraction of sp³-hybridized carbons (Fsp3) is 0.429. The van der Waals surface area contributed by atoms with E-state index in [0.29, 0.717) is 5.01 Å². The maximum atomic E-state index is 14.1. The molecule has 0 spiro atoms. The minimum absolute atomic E-state index is 0.0527. The molecule has 2 rings (SSSR count). The molecule has 2 nitrogen and oxygen atoms in total. The smallest absolute Gasteiger partial charge is 0.198 e. The van der Waals surface area contributed by atoms with E-state index >= 15 is 0 Å². The van der Waals surface area contributed by atoms with E-state index in [1.165, 1.54) is 0 Å². The first-order chi connectivity index (χ1) is 9.75. The summed E-state index contributed by atoms with van der Waals surface area (Å²) in [6, 6.07) is 0. The number of nitrogens with zero attached hydrogens (tertiary/aromatic N) is 2. The monoisotopic (exact) mass is 318 g/mol. The standard InChI is InChI=1S/C14H14F4N2S/c1-5(2)7-8(10(16)12(18)11(17)9(7)15)14-20-19-13(21-14)6(3)4/h5-6H,1-4H3. The first kappa shape index (κ1) is 15.9. The Morgan fingerprint density at radius 1 is 0.762 bits per heavy atom. The second kappa shape index (κ2) is 5.71. The van der Waals surface area contributed by atoms with Crippen LogP contribution in [0.15, 0.2) is 0 Å². The lowest BCUT2D eigenvalue weighted by Gasteiger charge is -2.14. The van der Waals surface area contributed by atoms with Crippen molar-refractivity contribution in [2.24, 2.45) is 0 Å². The average Bonchev–Trinajstić information content (AvgIpc) is 2.89. The van der Waals surface area contributed by atoms with Crippen LogP contribution in [0.5, 0.6) is 0 Å². The predicted molar refractivity (Wildman–Crippen MR) is 73.4 cm³/mol. The molecule has 0 amide bonds. The molecule has 0 N–H and O–H groups in total. The lowest BCUT2D eigenvalue weighted by molar-refractivity contribution is 0.403. The molecule has 0 radical (unpaired) electrons. The molecule has 0 aliphatic rings. The van der Waals surface area contributed by atoms with Gasteiger partial charge in [0.25, 0.3) is 0 Å². The van der Waals surface area contributed by atoms with Crippen molar-refractivity contribution in [1.82, 2.24) is 10.2 Å². The van der Waals surface area contributed by atoms with Crippen molar-refractivity contribution in [2.75, 3.05) is 0 Å². The van der Waals surface area contributed by atoms with Crippen LogP contribution in [0, 0.1) is 23.3 Å². The Kier molecular flexibility index (Phi) is 4.32. The summed E-state index contributed by atoms with van der Waals surface area (Å²) in [6.07, 6.45) is 0. The summed E-state index contributed by atoms with van der Waals surface area (Å²) in [5, 5.41) is 8.34. The maximum Gasteiger partial charge on any atom is 0.198 e. The van der Waals surface area contributed by atoms with Gasteiger partial charge in [0.05, 0.1) is 5.56 Å². The zero-order valence-electron chi connectivity index (χ0n) is 12.0. The summed E-state index contributed by atoms with van der Waals surface area (Å²) in [7, 11) is 0. The van der Waals surface area contributed by atoms with Crippen molar-refractivity contribution < 1.29 is 17.6 Å². The van der Waals surface area contributed by atoms with Crippen LogP contribution in [0.3, 0.4) is 0 Å². The third-order valence-electron chi connectivity index (χ3n) is 3.03. The number of hydrogen-bond acceptors (Lipinski definition) is 3. The second-order valence-corrected chi connectivity index (χ2v) is 6.31. The van der Waals surface area contributed by atoms with E-state index in [1.807, 2.05) is 13.8 Å². The summed E-state index contributed by atoms with van der Waals surface area (Å²) in [5.74, 6) is -6.90. The molecule has 0 aliphatic carbocycles. The van der Waals surface area contributed by atoms with Crippen LogP contribution < -0.4 is 0 Å². The van der Waals surface area contributed by atoms with Crippen molar-refractivity contribution in [2.45, 2.75) is 39.5 Å². The van der Waals surface area contributed by atoms with Crippen LogP contribution in [0.1, 0.15) is 50.1 Å². The fourth-order valence-corrected chi connectivity index (χ4v) is 2.87. The van der Waals surface area contributed by atoms with Crippen LogP contribution in [0.2, 0.25) is 0 Å². The van der Waals surface area contributed by atoms with Crippen LogP contribution in [0.25, 0.3) is 10.6 Å². The number of benzene rings is 1. The predicted octanol–water partition coefficient (Wildman–Crippen LogP) is 5.01. The van der Waals surface area contributed by atoms with E-state index in [1.54, 1.807) is 13.8 Å². The molecule has 1 heterocycles. The van der Waals surface area contributed by atoms with Crippen molar-refractivity contribution in [3.8, 4) is 10.6 Å². The van der Waals surface area contributed by atoms with Gasteiger partial charge in [-0.3, -0.25) is 0 Å². The third-order valence-corrected chi connectivity index (χ3v) is 4.27. The SMILES string of the molecule is CC(C)c1nnc(-c2c(F)c(F)c(F)c(F)c2C(C)C)s1. The molecule has 114 valence electrons. The highest BCUT2D eigenvalue weighted by molar-refractivity contribution is 7.14. The molecule has 0 saturated heterocycles. The van der Waals surface area contributed by atoms with E-state index in [4.69, 9.17) is 0 Å². The first-order valence-corrected chi connectivity index (χ1v) is 7.26. The Morgan fingerprint density at radius 2 is 1.33 bits per heavy atom. The number of hydrogen-bond donors (Lipinski definition) is 0. The molecule has 2 aromatic rings. The Morgan fingerprint density at radius 3 is 1.81 bits per heavy atom. The van der Waals surface area contributed by atoms with Gasteiger partial charge in [-0.1, -0.05) is 39.0 Å². The summed E-state index contributed by atoms with van der Waals surface area (Å²) in [4.78, 5) is 0. The zero-order chi connectivity index (χ0) is 15.9. The van der Waals surface area contributed by atoms with Crippen molar-refractivity contribution in [3.05, 3.63) is 33.8 Å². The highest BCUT2D eigenvalue weighted by Gasteiger charge is 2.29. The normalized spacial score (nSPS) is 11.7. The Labute approximate surface area is 123 Å². The molecule has 0 atom stereocenters. The minimum Gasteiger partial charge on any atom is -0.203 e. The molecular formula is C14H14F4N2S. The molecule has 21 heavy (non-hydrogen) atoms. The number of halogens is 4. The van der Waals surface area contributed by atoms with Gasteiger partial charge in [0.1, 0.15) is 5.01 Å². The lowest BCUT2D eigenvalue weighted by atomic mass is 9.95. The molecular weight excluding hydrogens is 304 g/mol. The van der Waals surface area contributed by atoms with Gasteiger partial charge in [0.2, 0.25) is 0 Å². The molecule has 7 heteroatoms. The van der Waals surface area contributed by atoms with Gasteiger partial charge < -0.3 is 0 Å². The Balaban J connectivity index is 2.77. The van der Waals surface area contributed by atoms with Gasteiger partial charge in [-0.15, -0.1) is 10.2 Å². The van der Waals surface area contributed by atoms with E-state index in [9.17, 15) is 17.6 Å². The summed E-state index contributed by atoms with van der Waals surface area (Å²) >= 11 is 1.05. The fourth-order valence-electron chi connectivity index (χ4n) is 1.97. The highest BCUT2D eigenvalue weighted by atomic mass is 32.1. The largest absolute Gasteiger partial charge is 0.203 e. The van der Waals surface area contributed by atoms with E-state index in [-0.39, 0.29) is 22.1 Å². The van der Waals surface area contributed by atoms with Gasteiger partial charge in [-0.2, -0.15) is 0 Å². The lowest BCUT2D eigenvalue weighted by Crippen LogP contribution is -2.07. The highest BCUT2D eigenvalue weighted by Crippen LogP contribution is 2.38. The number of aromatic nitrogens is 2. The minimum atomic E-state index is -1.83. The van der Waals surface area contributed by atoms with Crippen molar-refractivity contribution in [3.63, 3.8) is 0 Å². The van der Waals surface area contributed by atoms with Crippen molar-refractivity contribution in [1.29, 1.82) is 0 Å². The Bertz CT molecular complexity index is 680. The maximum absolute atomic E-state index is 14.1. The summed E-state index contributed by atoms with van der Waals surface area (Å²) in [6.45, 7) is 6.89. The van der Waals surface area contributed by atoms with Gasteiger partial charge in [0, 0.05) is 11.5 Å². The second-order valence-electron chi connectivity index (χ2n) is 5.30. The Hall–Kier alpha value is -1.50. The average molecular weight is 318 g/mol. The molecule has 0 bridgehead atoms. The first-order valence-electron chi connectivity index (χ1n) is 6.45. The van der Waals surface area contributed by atoms with Crippen LogP contribution in [-0.2, 0) is 0 Å². The molecule has 1 aromatic carbocycles. The number of rotatable bonds is 3. The molecule has 0 aliphatic heterocycles. The van der Waals surface area contributed by atoms with E-state index < -0.39 is 29.2 Å². The quantitative estimate of drug-likeness (QED) is 0.452. The summed E-state index contributed by atoms with van der Waals surface area (Å²) in [5.41, 5.74) is -0.566. The third kappa shape index (κ3) is 2.66. The molecule has 1 aromatic heterocycles. The van der Waals surface area contributed by atoms with Gasteiger partial charge in [-0.25, -0.2) is 17.6 Å². The van der Waals surface area contributed by atoms with E-state index in [2.05, 4.69) is 10.2 Å². The van der Waals surface area contributed by atoms with E-state index in [0.717, 1.165) is 11.3 Å². The van der Waals surface area contributed by atoms with Crippen LogP contribution >= 0.6 is 11.3 Å². The molecule has 0 saturated carbocycles.